The van der Waals surface area contributed by atoms with Gasteiger partial charge in [-0.15, -0.1) is 0 Å². The molecule has 0 saturated heterocycles. The molecule has 0 aliphatic heterocycles. The van der Waals surface area contributed by atoms with E-state index in [0.29, 0.717) is 16.8 Å². The zero-order valence-electron chi connectivity index (χ0n) is 11.4. The van der Waals surface area contributed by atoms with Crippen LogP contribution in [0.15, 0.2) is 29.1 Å². The molecule has 0 atom stereocenters. The highest BCUT2D eigenvalue weighted by Gasteiger charge is 2.17. The van der Waals surface area contributed by atoms with Gasteiger partial charge in [0.05, 0.1) is 11.3 Å². The van der Waals surface area contributed by atoms with Crippen molar-refractivity contribution in [2.75, 3.05) is 0 Å². The highest BCUT2D eigenvalue weighted by atomic mass is 19.1. The van der Waals surface area contributed by atoms with Crippen molar-refractivity contribution >= 4 is 5.97 Å². The first-order valence-electron chi connectivity index (χ1n) is 6.05. The van der Waals surface area contributed by atoms with Gasteiger partial charge >= 0.3 is 5.97 Å². The zero-order valence-corrected chi connectivity index (χ0v) is 11.4. The summed E-state index contributed by atoms with van der Waals surface area (Å²) in [4.78, 5) is 23.4. The smallest absolute Gasteiger partial charge is 0.337 e. The quantitative estimate of drug-likeness (QED) is 0.916. The number of carboxylic acid groups (broad SMARTS) is 1. The number of aromatic nitrogens is 1. The molecule has 0 spiro atoms. The van der Waals surface area contributed by atoms with Crippen LogP contribution in [0, 0.1) is 26.6 Å². The van der Waals surface area contributed by atoms with E-state index >= 15 is 0 Å². The molecular weight excluding hydrogens is 261 g/mol. The van der Waals surface area contributed by atoms with E-state index in [1.165, 1.54) is 29.7 Å². The van der Waals surface area contributed by atoms with Crippen molar-refractivity contribution in [3.63, 3.8) is 0 Å². The molecule has 1 heterocycles. The van der Waals surface area contributed by atoms with Gasteiger partial charge in [-0.25, -0.2) is 9.18 Å². The minimum Gasteiger partial charge on any atom is -0.478 e. The average molecular weight is 275 g/mol. The number of nitrogens with zero attached hydrogens (tertiary/aromatic N) is 1. The van der Waals surface area contributed by atoms with Crippen LogP contribution in [-0.2, 0) is 0 Å². The molecule has 1 aromatic carbocycles. The highest BCUT2D eigenvalue weighted by molar-refractivity contribution is 5.90. The molecule has 0 aliphatic rings. The molecule has 2 aromatic rings. The Morgan fingerprint density at radius 3 is 2.35 bits per heavy atom. The van der Waals surface area contributed by atoms with Crippen LogP contribution in [0.2, 0.25) is 0 Å². The summed E-state index contributed by atoms with van der Waals surface area (Å²) in [6.45, 7) is 4.82. The Morgan fingerprint density at radius 1 is 1.15 bits per heavy atom. The lowest BCUT2D eigenvalue weighted by atomic mass is 10.1. The average Bonchev–Trinajstić information content (AvgIpc) is 2.25. The second kappa shape index (κ2) is 4.92. The summed E-state index contributed by atoms with van der Waals surface area (Å²) in [6.07, 6.45) is 0. The molecule has 0 unspecified atom stereocenters. The number of hydrogen-bond donors (Lipinski definition) is 1. The summed E-state index contributed by atoms with van der Waals surface area (Å²) in [5, 5.41) is 9.23. The molecule has 1 aromatic heterocycles. The topological polar surface area (TPSA) is 59.3 Å². The van der Waals surface area contributed by atoms with Gasteiger partial charge in [0.25, 0.3) is 5.56 Å². The molecule has 0 saturated carbocycles. The molecule has 2 rings (SSSR count). The van der Waals surface area contributed by atoms with Crippen LogP contribution in [0.3, 0.4) is 0 Å². The standard InChI is InChI=1S/C15H14FNO3/c1-8-4-11(16)7-12(5-8)17-10(3)14(15(19)20)9(2)6-13(17)18/h4-7H,1-3H3,(H,19,20). The third-order valence-corrected chi connectivity index (χ3v) is 3.15. The Bertz CT molecular complexity index is 742. The van der Waals surface area contributed by atoms with Gasteiger partial charge in [-0.3, -0.25) is 9.36 Å². The van der Waals surface area contributed by atoms with E-state index in [-0.39, 0.29) is 16.8 Å². The van der Waals surface area contributed by atoms with Crippen LogP contribution in [0.4, 0.5) is 4.39 Å². The molecule has 0 fully saturated rings. The molecule has 5 heteroatoms. The first-order chi connectivity index (χ1) is 9.31. The number of carbonyl (C=O) groups is 1. The maximum Gasteiger partial charge on any atom is 0.337 e. The van der Waals surface area contributed by atoms with Crippen LogP contribution in [-0.4, -0.2) is 15.6 Å². The second-order valence-corrected chi connectivity index (χ2v) is 4.75. The van der Waals surface area contributed by atoms with E-state index < -0.39 is 11.8 Å². The van der Waals surface area contributed by atoms with E-state index in [9.17, 15) is 19.1 Å². The summed E-state index contributed by atoms with van der Waals surface area (Å²) < 4.78 is 14.7. The van der Waals surface area contributed by atoms with E-state index in [1.54, 1.807) is 19.9 Å². The molecule has 4 nitrogen and oxygen atoms in total. The predicted octanol–water partition coefficient (Wildman–Crippen LogP) is 2.60. The minimum absolute atomic E-state index is 0.0616. The van der Waals surface area contributed by atoms with E-state index in [0.717, 1.165) is 0 Å². The molecular formula is C15H14FNO3. The van der Waals surface area contributed by atoms with E-state index in [1.807, 2.05) is 0 Å². The van der Waals surface area contributed by atoms with Gasteiger partial charge in [-0.1, -0.05) is 0 Å². The molecule has 0 bridgehead atoms. The molecule has 20 heavy (non-hydrogen) atoms. The fourth-order valence-corrected chi connectivity index (χ4v) is 2.37. The van der Waals surface area contributed by atoms with E-state index in [2.05, 4.69) is 0 Å². The third-order valence-electron chi connectivity index (χ3n) is 3.15. The summed E-state index contributed by atoms with van der Waals surface area (Å²) in [5.41, 5.74) is 1.34. The molecule has 0 aliphatic carbocycles. The number of halogens is 1. The lowest BCUT2D eigenvalue weighted by Gasteiger charge is -2.14. The van der Waals surface area contributed by atoms with Crippen molar-refractivity contribution in [1.82, 2.24) is 4.57 Å². The van der Waals surface area contributed by atoms with Crippen molar-refractivity contribution in [3.05, 3.63) is 62.8 Å². The largest absolute Gasteiger partial charge is 0.478 e. The monoisotopic (exact) mass is 275 g/mol. The lowest BCUT2D eigenvalue weighted by Crippen LogP contribution is -2.24. The summed E-state index contributed by atoms with van der Waals surface area (Å²) in [7, 11) is 0. The van der Waals surface area contributed by atoms with Gasteiger partial charge in [0.1, 0.15) is 5.82 Å². The third kappa shape index (κ3) is 2.34. The van der Waals surface area contributed by atoms with Crippen LogP contribution in [0.5, 0.6) is 0 Å². The van der Waals surface area contributed by atoms with Crippen molar-refractivity contribution in [1.29, 1.82) is 0 Å². The Labute approximate surface area is 115 Å². The summed E-state index contributed by atoms with van der Waals surface area (Å²) in [6, 6.07) is 5.44. The summed E-state index contributed by atoms with van der Waals surface area (Å²) >= 11 is 0. The highest BCUT2D eigenvalue weighted by Crippen LogP contribution is 2.17. The SMILES string of the molecule is Cc1cc(F)cc(-n2c(C)c(C(=O)O)c(C)cc2=O)c1. The molecule has 0 amide bonds. The fourth-order valence-electron chi connectivity index (χ4n) is 2.37. The number of carboxylic acids is 1. The van der Waals surface area contributed by atoms with Crippen LogP contribution in [0.25, 0.3) is 5.69 Å². The van der Waals surface area contributed by atoms with Crippen molar-refractivity contribution in [2.24, 2.45) is 0 Å². The van der Waals surface area contributed by atoms with Gasteiger partial charge in [0, 0.05) is 11.8 Å². The lowest BCUT2D eigenvalue weighted by molar-refractivity contribution is 0.0694. The Balaban J connectivity index is 2.84. The maximum absolute atomic E-state index is 13.5. The van der Waals surface area contributed by atoms with Crippen LogP contribution < -0.4 is 5.56 Å². The van der Waals surface area contributed by atoms with E-state index in [4.69, 9.17) is 0 Å². The summed E-state index contributed by atoms with van der Waals surface area (Å²) in [5.74, 6) is -1.58. The fraction of sp³-hybridized carbons (Fsp3) is 0.200. The first kappa shape index (κ1) is 14.0. The molecule has 0 radical (unpaired) electrons. The predicted molar refractivity (Wildman–Crippen MR) is 73.2 cm³/mol. The molecule has 104 valence electrons. The number of aryl methyl sites for hydroxylation is 2. The van der Waals surface area contributed by atoms with Crippen LogP contribution >= 0.6 is 0 Å². The Morgan fingerprint density at radius 2 is 1.80 bits per heavy atom. The van der Waals surface area contributed by atoms with Gasteiger partial charge < -0.3 is 5.11 Å². The normalized spacial score (nSPS) is 10.6. The Kier molecular flexibility index (Phi) is 3.44. The van der Waals surface area contributed by atoms with Crippen LogP contribution in [0.1, 0.15) is 27.2 Å². The maximum atomic E-state index is 13.5. The second-order valence-electron chi connectivity index (χ2n) is 4.75. The van der Waals surface area contributed by atoms with Gasteiger partial charge in [0.2, 0.25) is 0 Å². The number of rotatable bonds is 2. The zero-order chi connectivity index (χ0) is 15.0. The minimum atomic E-state index is -1.11. The van der Waals surface area contributed by atoms with Crippen molar-refractivity contribution < 1.29 is 14.3 Å². The number of benzene rings is 1. The van der Waals surface area contributed by atoms with Gasteiger partial charge in [0.15, 0.2) is 0 Å². The van der Waals surface area contributed by atoms with Gasteiger partial charge in [-0.05, 0) is 50.1 Å². The molecule has 1 N–H and O–H groups in total. The Hall–Kier alpha value is -2.43. The first-order valence-corrected chi connectivity index (χ1v) is 6.05. The van der Waals surface area contributed by atoms with Crippen molar-refractivity contribution in [2.45, 2.75) is 20.8 Å². The number of pyridine rings is 1. The van der Waals surface area contributed by atoms with Gasteiger partial charge in [-0.2, -0.15) is 0 Å². The number of hydrogen-bond acceptors (Lipinski definition) is 2. The van der Waals surface area contributed by atoms with Crippen molar-refractivity contribution in [3.8, 4) is 5.69 Å². The number of aromatic carboxylic acids is 1.